The smallest absolute Gasteiger partial charge is 0.410 e. The van der Waals surface area contributed by atoms with Crippen molar-refractivity contribution in [2.75, 3.05) is 26.2 Å². The first-order chi connectivity index (χ1) is 10.2. The fourth-order valence-corrected chi connectivity index (χ4v) is 3.11. The second-order valence-electron chi connectivity index (χ2n) is 7.26. The largest absolute Gasteiger partial charge is 0.444 e. The van der Waals surface area contributed by atoms with E-state index >= 15 is 0 Å². The van der Waals surface area contributed by atoms with Crippen molar-refractivity contribution >= 4 is 12.0 Å². The van der Waals surface area contributed by atoms with Crippen LogP contribution in [0.5, 0.6) is 0 Å². The van der Waals surface area contributed by atoms with Crippen LogP contribution in [0.2, 0.25) is 0 Å². The van der Waals surface area contributed by atoms with Crippen LogP contribution in [-0.4, -0.2) is 65.3 Å². The lowest BCUT2D eigenvalue weighted by Gasteiger charge is -2.48. The topological polar surface area (TPSA) is 59.1 Å². The molecule has 0 saturated carbocycles. The standard InChI is InChI=1S/C16H28N2O4/c1-6-17-11-16(21-12(2)13(17)19)7-9-18(10-8-16)14(20)22-15(3,4)5/h12H,6-11H2,1-5H3/t12-/m1/s1. The molecule has 1 spiro atoms. The van der Waals surface area contributed by atoms with Gasteiger partial charge in [-0.3, -0.25) is 4.79 Å². The van der Waals surface area contributed by atoms with Crippen LogP contribution >= 0.6 is 0 Å². The molecule has 2 fully saturated rings. The summed E-state index contributed by atoms with van der Waals surface area (Å²) in [7, 11) is 0. The summed E-state index contributed by atoms with van der Waals surface area (Å²) in [5, 5.41) is 0. The number of hydrogen-bond donors (Lipinski definition) is 0. The van der Waals surface area contributed by atoms with Crippen LogP contribution < -0.4 is 0 Å². The van der Waals surface area contributed by atoms with Gasteiger partial charge < -0.3 is 19.3 Å². The predicted molar refractivity (Wildman–Crippen MR) is 82.6 cm³/mol. The first-order valence-electron chi connectivity index (χ1n) is 8.10. The molecule has 0 aromatic heterocycles. The number of likely N-dealkylation sites (tertiary alicyclic amines) is 1. The lowest BCUT2D eigenvalue weighted by atomic mass is 9.88. The molecule has 126 valence electrons. The first kappa shape index (κ1) is 17.1. The molecule has 0 unspecified atom stereocenters. The van der Waals surface area contributed by atoms with Gasteiger partial charge in [-0.05, 0) is 47.5 Å². The summed E-state index contributed by atoms with van der Waals surface area (Å²) in [5.74, 6) is 0.0581. The second-order valence-corrected chi connectivity index (χ2v) is 7.26. The Kier molecular flexibility index (Phi) is 4.70. The van der Waals surface area contributed by atoms with Gasteiger partial charge in [-0.1, -0.05) is 0 Å². The maximum atomic E-state index is 12.1. The Morgan fingerprint density at radius 2 is 1.95 bits per heavy atom. The fraction of sp³-hybridized carbons (Fsp3) is 0.875. The molecular weight excluding hydrogens is 284 g/mol. The zero-order valence-corrected chi connectivity index (χ0v) is 14.3. The van der Waals surface area contributed by atoms with Gasteiger partial charge in [0, 0.05) is 26.2 Å². The zero-order valence-electron chi connectivity index (χ0n) is 14.3. The molecular formula is C16H28N2O4. The summed E-state index contributed by atoms with van der Waals surface area (Å²) in [6.07, 6.45) is 0.803. The van der Waals surface area contributed by atoms with E-state index in [1.165, 1.54) is 0 Å². The molecule has 22 heavy (non-hydrogen) atoms. The monoisotopic (exact) mass is 312 g/mol. The molecule has 2 saturated heterocycles. The van der Waals surface area contributed by atoms with E-state index in [0.717, 1.165) is 12.8 Å². The number of piperidine rings is 1. The Morgan fingerprint density at radius 3 is 2.45 bits per heavy atom. The van der Waals surface area contributed by atoms with Crippen LogP contribution in [0.15, 0.2) is 0 Å². The van der Waals surface area contributed by atoms with E-state index < -0.39 is 11.7 Å². The van der Waals surface area contributed by atoms with Crippen LogP contribution in [0.3, 0.4) is 0 Å². The minimum atomic E-state index is -0.479. The maximum Gasteiger partial charge on any atom is 0.410 e. The molecule has 6 heteroatoms. The molecule has 2 heterocycles. The van der Waals surface area contributed by atoms with Crippen LogP contribution in [0.25, 0.3) is 0 Å². The minimum absolute atomic E-state index is 0.0581. The normalized spacial score (nSPS) is 25.5. The van der Waals surface area contributed by atoms with Crippen molar-refractivity contribution in [3.05, 3.63) is 0 Å². The van der Waals surface area contributed by atoms with E-state index in [4.69, 9.17) is 9.47 Å². The van der Waals surface area contributed by atoms with Gasteiger partial charge in [0.05, 0.1) is 5.60 Å². The number of carbonyl (C=O) groups excluding carboxylic acids is 2. The first-order valence-corrected chi connectivity index (χ1v) is 8.10. The van der Waals surface area contributed by atoms with E-state index in [0.29, 0.717) is 26.2 Å². The summed E-state index contributed by atoms with van der Waals surface area (Å²) in [5.41, 5.74) is -0.796. The summed E-state index contributed by atoms with van der Waals surface area (Å²) < 4.78 is 11.4. The Balaban J connectivity index is 1.96. The summed E-state index contributed by atoms with van der Waals surface area (Å²) in [6.45, 7) is 11.9. The molecule has 0 radical (unpaired) electrons. The maximum absolute atomic E-state index is 12.1. The second kappa shape index (κ2) is 6.07. The van der Waals surface area contributed by atoms with Gasteiger partial charge in [0.25, 0.3) is 5.91 Å². The molecule has 0 aliphatic carbocycles. The van der Waals surface area contributed by atoms with E-state index in [1.54, 1.807) is 4.90 Å². The van der Waals surface area contributed by atoms with Crippen LogP contribution in [-0.2, 0) is 14.3 Å². The fourth-order valence-electron chi connectivity index (χ4n) is 3.11. The van der Waals surface area contributed by atoms with Gasteiger partial charge in [0.15, 0.2) is 0 Å². The number of morpholine rings is 1. The Morgan fingerprint density at radius 1 is 1.36 bits per heavy atom. The summed E-state index contributed by atoms with van der Waals surface area (Å²) in [4.78, 5) is 27.7. The van der Waals surface area contributed by atoms with Crippen molar-refractivity contribution in [1.82, 2.24) is 9.80 Å². The zero-order chi connectivity index (χ0) is 16.5. The van der Waals surface area contributed by atoms with Crippen LogP contribution in [0.1, 0.15) is 47.5 Å². The number of carbonyl (C=O) groups is 2. The lowest BCUT2D eigenvalue weighted by molar-refractivity contribution is -0.188. The van der Waals surface area contributed by atoms with E-state index in [2.05, 4.69) is 0 Å². The average molecular weight is 312 g/mol. The molecule has 2 aliphatic rings. The molecule has 0 bridgehead atoms. The number of rotatable bonds is 1. The molecule has 2 amide bonds. The quantitative estimate of drug-likeness (QED) is 0.743. The predicted octanol–water partition coefficient (Wildman–Crippen LogP) is 2.02. The summed E-state index contributed by atoms with van der Waals surface area (Å²) >= 11 is 0. The van der Waals surface area contributed by atoms with Crippen LogP contribution in [0, 0.1) is 0 Å². The molecule has 2 aliphatic heterocycles. The van der Waals surface area contributed by atoms with Crippen molar-refractivity contribution < 1.29 is 19.1 Å². The van der Waals surface area contributed by atoms with E-state index in [1.807, 2.05) is 39.5 Å². The third-order valence-corrected chi connectivity index (χ3v) is 4.27. The third-order valence-electron chi connectivity index (χ3n) is 4.27. The highest BCUT2D eigenvalue weighted by molar-refractivity contribution is 5.81. The molecule has 1 atom stereocenters. The van der Waals surface area contributed by atoms with E-state index in [9.17, 15) is 9.59 Å². The van der Waals surface area contributed by atoms with Gasteiger partial charge in [0.2, 0.25) is 0 Å². The van der Waals surface area contributed by atoms with E-state index in [-0.39, 0.29) is 17.6 Å². The Hall–Kier alpha value is -1.30. The molecule has 6 nitrogen and oxygen atoms in total. The third kappa shape index (κ3) is 3.72. The highest BCUT2D eigenvalue weighted by Crippen LogP contribution is 2.33. The molecule has 0 aromatic rings. The van der Waals surface area contributed by atoms with Gasteiger partial charge >= 0.3 is 6.09 Å². The van der Waals surface area contributed by atoms with Crippen molar-refractivity contribution in [2.45, 2.75) is 64.8 Å². The van der Waals surface area contributed by atoms with Crippen molar-refractivity contribution in [1.29, 1.82) is 0 Å². The van der Waals surface area contributed by atoms with Crippen LogP contribution in [0.4, 0.5) is 4.79 Å². The van der Waals surface area contributed by atoms with Crippen molar-refractivity contribution in [3.8, 4) is 0 Å². The van der Waals surface area contributed by atoms with Gasteiger partial charge in [0.1, 0.15) is 11.7 Å². The van der Waals surface area contributed by atoms with Gasteiger partial charge in [-0.2, -0.15) is 0 Å². The van der Waals surface area contributed by atoms with Crippen molar-refractivity contribution in [2.24, 2.45) is 0 Å². The number of likely N-dealkylation sites (N-methyl/N-ethyl adjacent to an activating group) is 1. The molecule has 0 N–H and O–H groups in total. The average Bonchev–Trinajstić information content (AvgIpc) is 2.42. The number of nitrogens with zero attached hydrogens (tertiary/aromatic N) is 2. The lowest BCUT2D eigenvalue weighted by Crippen LogP contribution is -2.61. The highest BCUT2D eigenvalue weighted by Gasteiger charge is 2.45. The molecule has 2 rings (SSSR count). The van der Waals surface area contributed by atoms with Crippen molar-refractivity contribution in [3.63, 3.8) is 0 Å². The minimum Gasteiger partial charge on any atom is -0.444 e. The Bertz CT molecular complexity index is 436. The Labute approximate surface area is 132 Å². The number of hydrogen-bond acceptors (Lipinski definition) is 4. The van der Waals surface area contributed by atoms with Gasteiger partial charge in [-0.25, -0.2) is 4.79 Å². The SMILES string of the molecule is CCN1CC2(CCN(C(=O)OC(C)(C)C)CC2)O[C@H](C)C1=O. The summed E-state index contributed by atoms with van der Waals surface area (Å²) in [6, 6.07) is 0. The number of ether oxygens (including phenoxy) is 2. The van der Waals surface area contributed by atoms with Gasteiger partial charge in [-0.15, -0.1) is 0 Å². The number of amides is 2. The highest BCUT2D eigenvalue weighted by atomic mass is 16.6. The molecule has 0 aromatic carbocycles.